The average Bonchev–Trinajstić information content (AvgIpc) is 2.23. The van der Waals surface area contributed by atoms with Crippen molar-refractivity contribution >= 4 is 17.3 Å². The van der Waals surface area contributed by atoms with E-state index in [-0.39, 0.29) is 5.91 Å². The van der Waals surface area contributed by atoms with E-state index in [2.05, 4.69) is 31.0 Å². The number of benzene rings is 1. The maximum Gasteiger partial charge on any atom is 0.221 e. The van der Waals surface area contributed by atoms with Gasteiger partial charge in [0.05, 0.1) is 0 Å². The SMILES string of the molecule is CCN(CC)c1cc(NC(C)=O)ccc1C. The minimum absolute atomic E-state index is 0.0330. The molecule has 0 bridgehead atoms. The lowest BCUT2D eigenvalue weighted by Gasteiger charge is -2.23. The molecule has 3 heteroatoms. The molecule has 0 radical (unpaired) electrons. The van der Waals surface area contributed by atoms with Crippen LogP contribution in [-0.4, -0.2) is 19.0 Å². The number of anilines is 2. The van der Waals surface area contributed by atoms with Crippen LogP contribution in [0.25, 0.3) is 0 Å². The Morgan fingerprint density at radius 1 is 1.31 bits per heavy atom. The number of aryl methyl sites for hydroxylation is 1. The maximum atomic E-state index is 11.0. The lowest BCUT2D eigenvalue weighted by molar-refractivity contribution is -0.114. The van der Waals surface area contributed by atoms with Gasteiger partial charge < -0.3 is 10.2 Å². The molecule has 0 saturated carbocycles. The quantitative estimate of drug-likeness (QED) is 0.846. The summed E-state index contributed by atoms with van der Waals surface area (Å²) in [4.78, 5) is 13.3. The van der Waals surface area contributed by atoms with Crippen molar-refractivity contribution in [3.63, 3.8) is 0 Å². The van der Waals surface area contributed by atoms with E-state index in [9.17, 15) is 4.79 Å². The van der Waals surface area contributed by atoms with Crippen LogP contribution in [0.15, 0.2) is 18.2 Å². The largest absolute Gasteiger partial charge is 0.372 e. The molecule has 1 aromatic rings. The molecule has 1 N–H and O–H groups in total. The van der Waals surface area contributed by atoms with Crippen LogP contribution in [0.2, 0.25) is 0 Å². The number of hydrogen-bond donors (Lipinski definition) is 1. The van der Waals surface area contributed by atoms with E-state index in [0.717, 1.165) is 18.8 Å². The van der Waals surface area contributed by atoms with Crippen molar-refractivity contribution in [2.24, 2.45) is 0 Å². The first kappa shape index (κ1) is 12.6. The van der Waals surface area contributed by atoms with Crippen LogP contribution in [0.5, 0.6) is 0 Å². The van der Waals surface area contributed by atoms with Crippen LogP contribution >= 0.6 is 0 Å². The van der Waals surface area contributed by atoms with Crippen molar-refractivity contribution < 1.29 is 4.79 Å². The molecule has 0 aliphatic heterocycles. The van der Waals surface area contributed by atoms with Crippen LogP contribution in [0, 0.1) is 6.92 Å². The van der Waals surface area contributed by atoms with Gasteiger partial charge in [-0.2, -0.15) is 0 Å². The number of rotatable bonds is 4. The standard InChI is InChI=1S/C13H20N2O/c1-5-15(6-2)13-9-12(14-11(4)16)8-7-10(13)3/h7-9H,5-6H2,1-4H3,(H,14,16). The molecule has 0 aromatic heterocycles. The summed E-state index contributed by atoms with van der Waals surface area (Å²) in [5.41, 5.74) is 3.29. The Morgan fingerprint density at radius 2 is 1.94 bits per heavy atom. The molecule has 88 valence electrons. The number of nitrogens with one attached hydrogen (secondary N) is 1. The summed E-state index contributed by atoms with van der Waals surface area (Å²) >= 11 is 0. The van der Waals surface area contributed by atoms with Crippen molar-refractivity contribution in [3.05, 3.63) is 23.8 Å². The second kappa shape index (κ2) is 5.54. The van der Waals surface area contributed by atoms with Crippen molar-refractivity contribution in [1.29, 1.82) is 0 Å². The van der Waals surface area contributed by atoms with Gasteiger partial charge >= 0.3 is 0 Å². The van der Waals surface area contributed by atoms with Gasteiger partial charge in [0.1, 0.15) is 0 Å². The zero-order chi connectivity index (χ0) is 12.1. The molecule has 0 aliphatic carbocycles. The highest BCUT2D eigenvalue weighted by atomic mass is 16.1. The molecular formula is C13H20N2O. The summed E-state index contributed by atoms with van der Waals surface area (Å²) in [6.07, 6.45) is 0. The monoisotopic (exact) mass is 220 g/mol. The molecule has 1 amide bonds. The number of nitrogens with zero attached hydrogens (tertiary/aromatic N) is 1. The highest BCUT2D eigenvalue weighted by molar-refractivity contribution is 5.89. The van der Waals surface area contributed by atoms with Crippen LogP contribution in [0.1, 0.15) is 26.3 Å². The fourth-order valence-electron chi connectivity index (χ4n) is 1.80. The normalized spacial score (nSPS) is 10.0. The molecule has 3 nitrogen and oxygen atoms in total. The molecule has 0 fully saturated rings. The topological polar surface area (TPSA) is 32.3 Å². The van der Waals surface area contributed by atoms with Crippen molar-refractivity contribution in [1.82, 2.24) is 0 Å². The van der Waals surface area contributed by atoms with E-state index in [0.29, 0.717) is 0 Å². The molecule has 1 rings (SSSR count). The fourth-order valence-corrected chi connectivity index (χ4v) is 1.80. The van der Waals surface area contributed by atoms with E-state index in [1.54, 1.807) is 0 Å². The summed E-state index contributed by atoms with van der Waals surface area (Å²) in [7, 11) is 0. The molecule has 0 aliphatic rings. The van der Waals surface area contributed by atoms with E-state index in [1.807, 2.05) is 18.2 Å². The Hall–Kier alpha value is -1.51. The number of carbonyl (C=O) groups excluding carboxylic acids is 1. The van der Waals surface area contributed by atoms with Crippen molar-refractivity contribution in [2.45, 2.75) is 27.7 Å². The van der Waals surface area contributed by atoms with Gasteiger partial charge in [-0.25, -0.2) is 0 Å². The Balaban J connectivity index is 3.02. The van der Waals surface area contributed by atoms with Gasteiger partial charge in [0, 0.05) is 31.4 Å². The van der Waals surface area contributed by atoms with Crippen LogP contribution in [0.4, 0.5) is 11.4 Å². The van der Waals surface area contributed by atoms with Crippen LogP contribution in [0.3, 0.4) is 0 Å². The summed E-state index contributed by atoms with van der Waals surface area (Å²) in [5.74, 6) is -0.0330. The van der Waals surface area contributed by atoms with E-state index in [1.165, 1.54) is 18.2 Å². The van der Waals surface area contributed by atoms with Gasteiger partial charge in [-0.05, 0) is 38.5 Å². The van der Waals surface area contributed by atoms with Gasteiger partial charge in [0.15, 0.2) is 0 Å². The second-order valence-corrected chi connectivity index (χ2v) is 3.85. The zero-order valence-electron chi connectivity index (χ0n) is 10.5. The average molecular weight is 220 g/mol. The van der Waals surface area contributed by atoms with Crippen molar-refractivity contribution in [3.8, 4) is 0 Å². The van der Waals surface area contributed by atoms with Gasteiger partial charge in [-0.15, -0.1) is 0 Å². The smallest absolute Gasteiger partial charge is 0.221 e. The molecule has 0 unspecified atom stereocenters. The molecule has 0 saturated heterocycles. The van der Waals surface area contributed by atoms with E-state index >= 15 is 0 Å². The minimum Gasteiger partial charge on any atom is -0.372 e. The van der Waals surface area contributed by atoms with Crippen LogP contribution in [-0.2, 0) is 4.79 Å². The minimum atomic E-state index is -0.0330. The molecule has 16 heavy (non-hydrogen) atoms. The third-order valence-electron chi connectivity index (χ3n) is 2.63. The molecule has 1 aromatic carbocycles. The lowest BCUT2D eigenvalue weighted by Crippen LogP contribution is -2.22. The highest BCUT2D eigenvalue weighted by Gasteiger charge is 2.06. The van der Waals surface area contributed by atoms with Gasteiger partial charge in [0.2, 0.25) is 5.91 Å². The third-order valence-corrected chi connectivity index (χ3v) is 2.63. The first-order valence-electron chi connectivity index (χ1n) is 5.71. The maximum absolute atomic E-state index is 11.0. The molecule has 0 heterocycles. The van der Waals surface area contributed by atoms with Crippen molar-refractivity contribution in [2.75, 3.05) is 23.3 Å². The van der Waals surface area contributed by atoms with E-state index in [4.69, 9.17) is 0 Å². The Morgan fingerprint density at radius 3 is 2.44 bits per heavy atom. The highest BCUT2D eigenvalue weighted by Crippen LogP contribution is 2.24. The van der Waals surface area contributed by atoms with Crippen LogP contribution < -0.4 is 10.2 Å². The Kier molecular flexibility index (Phi) is 4.35. The summed E-state index contributed by atoms with van der Waals surface area (Å²) < 4.78 is 0. The predicted molar refractivity (Wildman–Crippen MR) is 69.0 cm³/mol. The lowest BCUT2D eigenvalue weighted by atomic mass is 10.1. The predicted octanol–water partition coefficient (Wildman–Crippen LogP) is 2.80. The Labute approximate surface area is 97.5 Å². The first-order chi connectivity index (χ1) is 7.58. The van der Waals surface area contributed by atoms with E-state index < -0.39 is 0 Å². The first-order valence-corrected chi connectivity index (χ1v) is 5.71. The number of hydrogen-bond acceptors (Lipinski definition) is 2. The van der Waals surface area contributed by atoms with Gasteiger partial charge in [-0.3, -0.25) is 4.79 Å². The Bertz CT molecular complexity index is 370. The number of carbonyl (C=O) groups is 1. The molecule has 0 spiro atoms. The van der Waals surface area contributed by atoms with Gasteiger partial charge in [0.25, 0.3) is 0 Å². The zero-order valence-corrected chi connectivity index (χ0v) is 10.5. The summed E-state index contributed by atoms with van der Waals surface area (Å²) in [5, 5.41) is 2.81. The fraction of sp³-hybridized carbons (Fsp3) is 0.462. The molecule has 0 atom stereocenters. The second-order valence-electron chi connectivity index (χ2n) is 3.85. The van der Waals surface area contributed by atoms with Gasteiger partial charge in [-0.1, -0.05) is 6.07 Å². The summed E-state index contributed by atoms with van der Waals surface area (Å²) in [6, 6.07) is 6.01. The molecular weight excluding hydrogens is 200 g/mol. The number of amides is 1. The summed E-state index contributed by atoms with van der Waals surface area (Å²) in [6.45, 7) is 9.83. The third kappa shape index (κ3) is 2.99.